The maximum absolute atomic E-state index is 4.66. The normalized spacial score (nSPS) is 13.0. The van der Waals surface area contributed by atoms with E-state index >= 15 is 0 Å². The van der Waals surface area contributed by atoms with E-state index in [2.05, 4.69) is 75.6 Å². The average Bonchev–Trinajstić information content (AvgIpc) is 3.05. The van der Waals surface area contributed by atoms with Crippen molar-refractivity contribution in [2.24, 2.45) is 0 Å². The molecule has 4 nitrogen and oxygen atoms in total. The molecule has 0 amide bonds. The molecule has 0 saturated carbocycles. The Balaban J connectivity index is 1.58. The Hall–Kier alpha value is -2.88. The maximum atomic E-state index is 4.66. The molecular formula is C21H22N4. The molecule has 0 bridgehead atoms. The number of rotatable bonds is 4. The molecule has 4 rings (SSSR count). The molecule has 0 aliphatic carbocycles. The van der Waals surface area contributed by atoms with Crippen LogP contribution in [-0.2, 0) is 13.0 Å². The van der Waals surface area contributed by atoms with Gasteiger partial charge in [-0.25, -0.2) is 9.97 Å². The first-order chi connectivity index (χ1) is 12.2. The molecule has 1 aromatic heterocycles. The monoisotopic (exact) mass is 330 g/mol. The summed E-state index contributed by atoms with van der Waals surface area (Å²) < 4.78 is 0. The van der Waals surface area contributed by atoms with E-state index in [9.17, 15) is 0 Å². The lowest BCUT2D eigenvalue weighted by Gasteiger charge is -2.19. The lowest BCUT2D eigenvalue weighted by atomic mass is 10.1. The van der Waals surface area contributed by atoms with Crippen LogP contribution in [0.4, 0.5) is 17.3 Å². The minimum atomic E-state index is 0.763. The first kappa shape index (κ1) is 15.6. The van der Waals surface area contributed by atoms with Crippen molar-refractivity contribution in [3.63, 3.8) is 0 Å². The zero-order valence-corrected chi connectivity index (χ0v) is 14.7. The average molecular weight is 330 g/mol. The topological polar surface area (TPSA) is 41.1 Å². The van der Waals surface area contributed by atoms with Crippen molar-refractivity contribution in [2.75, 3.05) is 16.8 Å². The van der Waals surface area contributed by atoms with Crippen LogP contribution in [0.1, 0.15) is 22.5 Å². The molecule has 3 aromatic rings. The highest BCUT2D eigenvalue weighted by Crippen LogP contribution is 2.33. The van der Waals surface area contributed by atoms with Crippen LogP contribution >= 0.6 is 0 Å². The van der Waals surface area contributed by atoms with Crippen LogP contribution in [0, 0.1) is 13.8 Å². The standard InChI is InChI=1S/C21H22N4/c1-15-7-3-4-9-18(15)14-22-20-13-21(24-16(2)23-20)25-12-11-17-8-5-6-10-19(17)25/h3-10,13H,11-12,14H2,1-2H3,(H,22,23,24). The number of nitrogens with one attached hydrogen (secondary N) is 1. The Labute approximate surface area is 148 Å². The second kappa shape index (κ2) is 6.55. The van der Waals surface area contributed by atoms with E-state index in [1.165, 1.54) is 22.4 Å². The van der Waals surface area contributed by atoms with Gasteiger partial charge in [0, 0.05) is 24.8 Å². The minimum Gasteiger partial charge on any atom is -0.366 e. The number of anilines is 3. The van der Waals surface area contributed by atoms with Gasteiger partial charge >= 0.3 is 0 Å². The number of benzene rings is 2. The molecule has 0 atom stereocenters. The SMILES string of the molecule is Cc1nc(NCc2ccccc2C)cc(N2CCc3ccccc32)n1. The predicted octanol–water partition coefficient (Wildman–Crippen LogP) is 4.40. The summed E-state index contributed by atoms with van der Waals surface area (Å²) in [6, 6.07) is 19.0. The zero-order chi connectivity index (χ0) is 17.2. The highest BCUT2D eigenvalue weighted by molar-refractivity contribution is 5.68. The molecule has 4 heteroatoms. The number of aromatic nitrogens is 2. The van der Waals surface area contributed by atoms with Crippen molar-refractivity contribution >= 4 is 17.3 Å². The van der Waals surface area contributed by atoms with Crippen LogP contribution in [-0.4, -0.2) is 16.5 Å². The van der Waals surface area contributed by atoms with Gasteiger partial charge in [-0.2, -0.15) is 0 Å². The molecule has 1 aliphatic heterocycles. The Morgan fingerprint density at radius 2 is 1.80 bits per heavy atom. The summed E-state index contributed by atoms with van der Waals surface area (Å²) in [5.74, 6) is 2.62. The fourth-order valence-electron chi connectivity index (χ4n) is 3.35. The smallest absolute Gasteiger partial charge is 0.138 e. The fourth-order valence-corrected chi connectivity index (χ4v) is 3.35. The van der Waals surface area contributed by atoms with Crippen molar-refractivity contribution in [2.45, 2.75) is 26.8 Å². The summed E-state index contributed by atoms with van der Waals surface area (Å²) >= 11 is 0. The number of para-hydroxylation sites is 1. The second-order valence-corrected chi connectivity index (χ2v) is 6.47. The lowest BCUT2D eigenvalue weighted by Crippen LogP contribution is -2.16. The molecule has 0 spiro atoms. The van der Waals surface area contributed by atoms with Gasteiger partial charge in [-0.1, -0.05) is 42.5 Å². The third kappa shape index (κ3) is 3.20. The van der Waals surface area contributed by atoms with Gasteiger partial charge in [-0.05, 0) is 43.0 Å². The van der Waals surface area contributed by atoms with Gasteiger partial charge in [0.1, 0.15) is 17.5 Å². The van der Waals surface area contributed by atoms with E-state index in [1.54, 1.807) is 0 Å². The van der Waals surface area contributed by atoms with Gasteiger partial charge in [0.05, 0.1) is 0 Å². The first-order valence-electron chi connectivity index (χ1n) is 8.70. The highest BCUT2D eigenvalue weighted by Gasteiger charge is 2.21. The number of fused-ring (bicyclic) bond motifs is 1. The van der Waals surface area contributed by atoms with Crippen molar-refractivity contribution in [1.29, 1.82) is 0 Å². The molecule has 1 aliphatic rings. The molecule has 1 N–H and O–H groups in total. The Morgan fingerprint density at radius 3 is 2.68 bits per heavy atom. The molecule has 0 saturated heterocycles. The van der Waals surface area contributed by atoms with Gasteiger partial charge in [-0.3, -0.25) is 0 Å². The van der Waals surface area contributed by atoms with Crippen LogP contribution < -0.4 is 10.2 Å². The Kier molecular flexibility index (Phi) is 4.10. The highest BCUT2D eigenvalue weighted by atomic mass is 15.2. The van der Waals surface area contributed by atoms with Gasteiger partial charge in [0.25, 0.3) is 0 Å². The third-order valence-electron chi connectivity index (χ3n) is 4.71. The zero-order valence-electron chi connectivity index (χ0n) is 14.7. The summed E-state index contributed by atoms with van der Waals surface area (Å²) in [6.45, 7) is 5.81. The number of nitrogens with zero attached hydrogens (tertiary/aromatic N) is 3. The minimum absolute atomic E-state index is 0.763. The van der Waals surface area contributed by atoms with Crippen LogP contribution in [0.3, 0.4) is 0 Å². The van der Waals surface area contributed by atoms with Crippen molar-refractivity contribution < 1.29 is 0 Å². The molecule has 0 radical (unpaired) electrons. The molecule has 2 aromatic carbocycles. The van der Waals surface area contributed by atoms with E-state index in [0.29, 0.717) is 0 Å². The molecule has 25 heavy (non-hydrogen) atoms. The number of aryl methyl sites for hydroxylation is 2. The van der Waals surface area contributed by atoms with Gasteiger partial charge in [0.15, 0.2) is 0 Å². The van der Waals surface area contributed by atoms with E-state index in [1.807, 2.05) is 13.0 Å². The van der Waals surface area contributed by atoms with Crippen LogP contribution in [0.15, 0.2) is 54.6 Å². The van der Waals surface area contributed by atoms with E-state index < -0.39 is 0 Å². The van der Waals surface area contributed by atoms with Crippen molar-refractivity contribution in [3.8, 4) is 0 Å². The van der Waals surface area contributed by atoms with E-state index in [0.717, 1.165) is 37.0 Å². The summed E-state index contributed by atoms with van der Waals surface area (Å²) in [5.41, 5.74) is 5.21. The van der Waals surface area contributed by atoms with Crippen molar-refractivity contribution in [1.82, 2.24) is 9.97 Å². The van der Waals surface area contributed by atoms with Crippen molar-refractivity contribution in [3.05, 3.63) is 77.1 Å². The fraction of sp³-hybridized carbons (Fsp3) is 0.238. The Morgan fingerprint density at radius 1 is 1.00 bits per heavy atom. The van der Waals surface area contributed by atoms with Crippen LogP contribution in [0.25, 0.3) is 0 Å². The molecule has 0 unspecified atom stereocenters. The first-order valence-corrected chi connectivity index (χ1v) is 8.70. The molecule has 2 heterocycles. The second-order valence-electron chi connectivity index (χ2n) is 6.47. The van der Waals surface area contributed by atoms with E-state index in [4.69, 9.17) is 0 Å². The molecule has 126 valence electrons. The van der Waals surface area contributed by atoms with Crippen LogP contribution in [0.5, 0.6) is 0 Å². The number of hydrogen-bond acceptors (Lipinski definition) is 4. The molecular weight excluding hydrogens is 308 g/mol. The van der Waals surface area contributed by atoms with E-state index in [-0.39, 0.29) is 0 Å². The van der Waals surface area contributed by atoms with Crippen LogP contribution in [0.2, 0.25) is 0 Å². The summed E-state index contributed by atoms with van der Waals surface area (Å²) in [5, 5.41) is 3.45. The molecule has 0 fully saturated rings. The maximum Gasteiger partial charge on any atom is 0.138 e. The summed E-state index contributed by atoms with van der Waals surface area (Å²) in [4.78, 5) is 11.5. The lowest BCUT2D eigenvalue weighted by molar-refractivity contribution is 0.940. The van der Waals surface area contributed by atoms with Gasteiger partial charge in [0.2, 0.25) is 0 Å². The van der Waals surface area contributed by atoms with Gasteiger partial charge in [-0.15, -0.1) is 0 Å². The quantitative estimate of drug-likeness (QED) is 0.770. The largest absolute Gasteiger partial charge is 0.366 e. The Bertz CT molecular complexity index is 904. The number of hydrogen-bond donors (Lipinski definition) is 1. The predicted molar refractivity (Wildman–Crippen MR) is 102 cm³/mol. The van der Waals surface area contributed by atoms with Gasteiger partial charge < -0.3 is 10.2 Å². The third-order valence-corrected chi connectivity index (χ3v) is 4.71. The summed E-state index contributed by atoms with van der Waals surface area (Å²) in [6.07, 6.45) is 1.06. The summed E-state index contributed by atoms with van der Waals surface area (Å²) in [7, 11) is 0.